The Morgan fingerprint density at radius 1 is 0.705 bits per heavy atom. The lowest BCUT2D eigenvalue weighted by Crippen LogP contribution is -2.60. The molecule has 0 bridgehead atoms. The average molecular weight is 634 g/mol. The first-order valence-corrected chi connectivity index (χ1v) is 17.8. The number of carbonyl (C=O) groups excluding carboxylic acids is 1. The minimum absolute atomic E-state index is 0.262. The molecule has 1 heterocycles. The maximum atomic E-state index is 12.8. The molecule has 0 saturated carbocycles. The minimum atomic E-state index is -1.60. The highest BCUT2D eigenvalue weighted by molar-refractivity contribution is 5.76. The summed E-state index contributed by atoms with van der Waals surface area (Å²) in [6.45, 7) is 3.52. The minimum Gasteiger partial charge on any atom is -0.394 e. The van der Waals surface area contributed by atoms with Crippen LogP contribution in [0.15, 0.2) is 0 Å². The van der Waals surface area contributed by atoms with Crippen molar-refractivity contribution in [2.45, 2.75) is 198 Å². The van der Waals surface area contributed by atoms with Crippen LogP contribution in [0.1, 0.15) is 149 Å². The summed E-state index contributed by atoms with van der Waals surface area (Å²) in [5.41, 5.74) is 0. The third-order valence-electron chi connectivity index (χ3n) is 8.80. The van der Waals surface area contributed by atoms with E-state index in [1.54, 1.807) is 0 Å². The molecule has 262 valence electrons. The zero-order valence-electron chi connectivity index (χ0n) is 27.8. The van der Waals surface area contributed by atoms with Crippen LogP contribution >= 0.6 is 0 Å². The molecule has 10 nitrogen and oxygen atoms in total. The van der Waals surface area contributed by atoms with Crippen LogP contribution in [0.3, 0.4) is 0 Å². The fourth-order valence-corrected chi connectivity index (χ4v) is 5.78. The molecule has 1 aliphatic rings. The average Bonchev–Trinajstić information content (AvgIpc) is 3.02. The van der Waals surface area contributed by atoms with Crippen LogP contribution in [0.5, 0.6) is 0 Å². The van der Waals surface area contributed by atoms with Crippen molar-refractivity contribution in [3.05, 3.63) is 0 Å². The van der Waals surface area contributed by atoms with E-state index in [-0.39, 0.29) is 18.9 Å². The second kappa shape index (κ2) is 26.2. The summed E-state index contributed by atoms with van der Waals surface area (Å²) in [6.07, 6.45) is 12.8. The number of aliphatic hydroxyl groups is 6. The van der Waals surface area contributed by atoms with E-state index < -0.39 is 55.6 Å². The van der Waals surface area contributed by atoms with Gasteiger partial charge in [0.25, 0.3) is 0 Å². The third-order valence-corrected chi connectivity index (χ3v) is 8.80. The summed E-state index contributed by atoms with van der Waals surface area (Å²) in [5, 5.41) is 64.4. The van der Waals surface area contributed by atoms with Gasteiger partial charge in [0.1, 0.15) is 30.5 Å². The Balaban J connectivity index is 2.54. The van der Waals surface area contributed by atoms with E-state index in [9.17, 15) is 35.4 Å². The van der Waals surface area contributed by atoms with Gasteiger partial charge in [-0.05, 0) is 12.8 Å². The SMILES string of the molecule is CCCCCCCCCCCCCC(=O)N[C@@H](CO[C@@H]1O[C@H](CO)[C@@H](O)C(O)C1O)[C@H](O)[C@H](O)CCCCCCCCCC. The first-order chi connectivity index (χ1) is 21.3. The fourth-order valence-electron chi connectivity index (χ4n) is 5.78. The number of hydrogen-bond donors (Lipinski definition) is 7. The molecule has 0 aromatic rings. The van der Waals surface area contributed by atoms with Crippen molar-refractivity contribution in [2.24, 2.45) is 0 Å². The van der Waals surface area contributed by atoms with E-state index in [4.69, 9.17) is 9.47 Å². The number of ether oxygens (including phenoxy) is 2. The number of carbonyl (C=O) groups is 1. The molecular weight excluding hydrogens is 566 g/mol. The molecule has 1 fully saturated rings. The van der Waals surface area contributed by atoms with Gasteiger partial charge in [0, 0.05) is 6.42 Å². The van der Waals surface area contributed by atoms with Gasteiger partial charge in [0.05, 0.1) is 25.4 Å². The number of nitrogens with one attached hydrogen (secondary N) is 1. The molecule has 0 radical (unpaired) electrons. The van der Waals surface area contributed by atoms with Crippen LogP contribution in [0.4, 0.5) is 0 Å². The lowest BCUT2D eigenvalue weighted by atomic mass is 9.98. The van der Waals surface area contributed by atoms with Crippen LogP contribution in [0.25, 0.3) is 0 Å². The zero-order valence-corrected chi connectivity index (χ0v) is 27.8. The molecule has 0 spiro atoms. The predicted octanol–water partition coefficient (Wildman–Crippen LogP) is 4.24. The summed E-state index contributed by atoms with van der Waals surface area (Å²) >= 11 is 0. The number of rotatable bonds is 28. The molecule has 44 heavy (non-hydrogen) atoms. The number of hydrogen-bond acceptors (Lipinski definition) is 9. The largest absolute Gasteiger partial charge is 0.394 e. The zero-order chi connectivity index (χ0) is 32.6. The lowest BCUT2D eigenvalue weighted by Gasteiger charge is -2.40. The van der Waals surface area contributed by atoms with Gasteiger partial charge >= 0.3 is 0 Å². The maximum absolute atomic E-state index is 12.8. The Labute approximate surface area is 266 Å². The van der Waals surface area contributed by atoms with Crippen molar-refractivity contribution in [3.63, 3.8) is 0 Å². The first kappa shape index (κ1) is 41.2. The number of amides is 1. The molecule has 2 unspecified atom stereocenters. The van der Waals surface area contributed by atoms with Gasteiger partial charge in [-0.15, -0.1) is 0 Å². The van der Waals surface area contributed by atoms with Gasteiger partial charge in [-0.2, -0.15) is 0 Å². The van der Waals surface area contributed by atoms with Gasteiger partial charge in [-0.1, -0.05) is 129 Å². The molecular formula is C34H67NO9. The van der Waals surface area contributed by atoms with Crippen molar-refractivity contribution in [2.75, 3.05) is 13.2 Å². The van der Waals surface area contributed by atoms with E-state index in [1.165, 1.54) is 70.6 Å². The molecule has 1 aliphatic heterocycles. The summed E-state index contributed by atoms with van der Waals surface area (Å²) in [4.78, 5) is 12.8. The molecule has 0 aromatic heterocycles. The van der Waals surface area contributed by atoms with E-state index in [0.717, 1.165) is 51.4 Å². The normalized spacial score (nSPS) is 24.2. The van der Waals surface area contributed by atoms with E-state index in [2.05, 4.69) is 19.2 Å². The smallest absolute Gasteiger partial charge is 0.220 e. The van der Waals surface area contributed by atoms with Gasteiger partial charge in [0.2, 0.25) is 5.91 Å². The molecule has 10 heteroatoms. The molecule has 0 aliphatic carbocycles. The summed E-state index contributed by atoms with van der Waals surface area (Å²) in [5.74, 6) is -0.262. The van der Waals surface area contributed by atoms with Crippen molar-refractivity contribution in [1.29, 1.82) is 0 Å². The Hall–Kier alpha value is -0.850. The van der Waals surface area contributed by atoms with Crippen LogP contribution in [-0.4, -0.2) is 98.7 Å². The topological polar surface area (TPSA) is 169 Å². The summed E-state index contributed by atoms with van der Waals surface area (Å²) < 4.78 is 11.0. The monoisotopic (exact) mass is 633 g/mol. The van der Waals surface area contributed by atoms with Crippen molar-refractivity contribution in [1.82, 2.24) is 5.32 Å². The molecule has 1 rings (SSSR count). The van der Waals surface area contributed by atoms with Crippen LogP contribution in [0, 0.1) is 0 Å². The van der Waals surface area contributed by atoms with Crippen molar-refractivity contribution in [3.8, 4) is 0 Å². The summed E-state index contributed by atoms with van der Waals surface area (Å²) in [6, 6.07) is -0.980. The number of aliphatic hydroxyl groups excluding tert-OH is 6. The van der Waals surface area contributed by atoms with Gasteiger partial charge in [0.15, 0.2) is 6.29 Å². The van der Waals surface area contributed by atoms with E-state index >= 15 is 0 Å². The van der Waals surface area contributed by atoms with Gasteiger partial charge < -0.3 is 45.4 Å². The second-order valence-electron chi connectivity index (χ2n) is 12.8. The standard InChI is InChI=1S/C34H67NO9/c1-3-5-7-9-11-13-14-15-17-19-21-23-29(38)35-26(25-43-34-33(42)32(41)31(40)28(24-36)44-34)30(39)27(37)22-20-18-16-12-10-8-6-4-2/h26-28,30-34,36-37,39-42H,3-25H2,1-2H3,(H,35,38)/t26-,27+,28+,30-,31+,32?,33?,34+/m0/s1. The summed E-state index contributed by atoms with van der Waals surface area (Å²) in [7, 11) is 0. The predicted molar refractivity (Wildman–Crippen MR) is 172 cm³/mol. The fraction of sp³-hybridized carbons (Fsp3) is 0.971. The highest BCUT2D eigenvalue weighted by atomic mass is 16.7. The Bertz CT molecular complexity index is 683. The second-order valence-corrected chi connectivity index (χ2v) is 12.8. The van der Waals surface area contributed by atoms with E-state index in [1.807, 2.05) is 0 Å². The Morgan fingerprint density at radius 2 is 1.18 bits per heavy atom. The highest BCUT2D eigenvalue weighted by Crippen LogP contribution is 2.23. The quantitative estimate of drug-likeness (QED) is 0.0623. The molecule has 1 saturated heterocycles. The molecule has 7 N–H and O–H groups in total. The van der Waals surface area contributed by atoms with Gasteiger partial charge in [-0.3, -0.25) is 4.79 Å². The maximum Gasteiger partial charge on any atom is 0.220 e. The number of unbranched alkanes of at least 4 members (excludes halogenated alkanes) is 17. The first-order valence-electron chi connectivity index (χ1n) is 17.8. The highest BCUT2D eigenvalue weighted by Gasteiger charge is 2.44. The van der Waals surface area contributed by atoms with Crippen LogP contribution < -0.4 is 5.32 Å². The van der Waals surface area contributed by atoms with Crippen LogP contribution in [-0.2, 0) is 14.3 Å². The lowest BCUT2D eigenvalue weighted by molar-refractivity contribution is -0.303. The molecule has 8 atom stereocenters. The van der Waals surface area contributed by atoms with Crippen molar-refractivity contribution < 1.29 is 44.9 Å². The Morgan fingerprint density at radius 3 is 1.68 bits per heavy atom. The molecule has 0 aromatic carbocycles. The van der Waals surface area contributed by atoms with E-state index in [0.29, 0.717) is 6.42 Å². The van der Waals surface area contributed by atoms with Crippen LogP contribution in [0.2, 0.25) is 0 Å². The Kier molecular flexibility index (Phi) is 24.6. The van der Waals surface area contributed by atoms with Crippen molar-refractivity contribution >= 4 is 5.91 Å². The third kappa shape index (κ3) is 17.7. The van der Waals surface area contributed by atoms with Gasteiger partial charge in [-0.25, -0.2) is 0 Å². The molecule has 1 amide bonds.